The molecule has 0 fully saturated rings. The summed E-state index contributed by atoms with van der Waals surface area (Å²) in [5.74, 6) is 0.304. The third kappa shape index (κ3) is 3.98. The number of nitriles is 1. The molecule has 2 heterocycles. The van der Waals surface area contributed by atoms with Crippen molar-refractivity contribution in [2.24, 2.45) is 0 Å². The number of amides is 1. The maximum absolute atomic E-state index is 13.6. The normalized spacial score (nSPS) is 14.0. The van der Waals surface area contributed by atoms with E-state index in [0.717, 1.165) is 11.8 Å². The fourth-order valence-corrected chi connectivity index (χ4v) is 4.78. The molecule has 0 unspecified atom stereocenters. The molecular formula is C24H24N4O4S. The third-order valence-electron chi connectivity index (χ3n) is 5.83. The lowest BCUT2D eigenvalue weighted by atomic mass is 9.86. The molecule has 0 bridgehead atoms. The van der Waals surface area contributed by atoms with Crippen LogP contribution < -0.4 is 9.64 Å². The number of nitrogens with zero attached hydrogens (tertiary/aromatic N) is 4. The SMILES string of the molecule is COc1ccc(-n2nc(S(C)(=O)=O)c3c2C(=O)N(c2ccc(C(C)(C)C#N)cc2)CC3)cc1. The van der Waals surface area contributed by atoms with Crippen molar-refractivity contribution >= 4 is 21.4 Å². The highest BCUT2D eigenvalue weighted by atomic mass is 32.2. The quantitative estimate of drug-likeness (QED) is 0.574. The van der Waals surface area contributed by atoms with E-state index in [0.29, 0.717) is 35.7 Å². The molecule has 9 heteroatoms. The number of anilines is 1. The first-order chi connectivity index (χ1) is 15.6. The van der Waals surface area contributed by atoms with Gasteiger partial charge in [-0.15, -0.1) is 0 Å². The molecule has 4 rings (SSSR count). The van der Waals surface area contributed by atoms with Gasteiger partial charge in [0, 0.05) is 24.1 Å². The highest BCUT2D eigenvalue weighted by Gasteiger charge is 2.36. The molecule has 33 heavy (non-hydrogen) atoms. The molecule has 1 aliphatic heterocycles. The lowest BCUT2D eigenvalue weighted by Crippen LogP contribution is -2.39. The van der Waals surface area contributed by atoms with E-state index in [2.05, 4.69) is 11.2 Å². The van der Waals surface area contributed by atoms with Crippen LogP contribution in [-0.4, -0.2) is 44.0 Å². The molecular weight excluding hydrogens is 440 g/mol. The molecule has 0 radical (unpaired) electrons. The lowest BCUT2D eigenvalue weighted by Gasteiger charge is -2.28. The average molecular weight is 465 g/mol. The Morgan fingerprint density at radius 2 is 1.67 bits per heavy atom. The molecule has 0 saturated carbocycles. The first-order valence-electron chi connectivity index (χ1n) is 10.4. The van der Waals surface area contributed by atoms with E-state index >= 15 is 0 Å². The van der Waals surface area contributed by atoms with Gasteiger partial charge in [-0.2, -0.15) is 10.4 Å². The molecule has 1 aliphatic rings. The highest BCUT2D eigenvalue weighted by molar-refractivity contribution is 7.90. The van der Waals surface area contributed by atoms with Crippen molar-refractivity contribution in [1.29, 1.82) is 5.26 Å². The number of methoxy groups -OCH3 is 1. The van der Waals surface area contributed by atoms with Crippen molar-refractivity contribution in [2.75, 3.05) is 24.8 Å². The second-order valence-corrected chi connectivity index (χ2v) is 10.4. The zero-order chi connectivity index (χ0) is 24.0. The Labute approximate surface area is 192 Å². The Morgan fingerprint density at radius 1 is 1.06 bits per heavy atom. The largest absolute Gasteiger partial charge is 0.497 e. The summed E-state index contributed by atoms with van der Waals surface area (Å²) in [4.78, 5) is 15.2. The van der Waals surface area contributed by atoms with Crippen molar-refractivity contribution in [2.45, 2.75) is 30.7 Å². The summed E-state index contributed by atoms with van der Waals surface area (Å²) in [6, 6.07) is 16.5. The Hall–Kier alpha value is -3.64. The smallest absolute Gasteiger partial charge is 0.277 e. The van der Waals surface area contributed by atoms with Crippen molar-refractivity contribution in [3.63, 3.8) is 0 Å². The molecule has 0 spiro atoms. The number of carbonyl (C=O) groups is 1. The van der Waals surface area contributed by atoms with E-state index in [4.69, 9.17) is 4.74 Å². The molecule has 1 aromatic heterocycles. The van der Waals surface area contributed by atoms with Crippen LogP contribution in [0.2, 0.25) is 0 Å². The Bertz CT molecular complexity index is 1370. The van der Waals surface area contributed by atoms with Gasteiger partial charge in [0.25, 0.3) is 5.91 Å². The van der Waals surface area contributed by atoms with E-state index in [1.807, 2.05) is 38.1 Å². The summed E-state index contributed by atoms with van der Waals surface area (Å²) < 4.78 is 31.4. The summed E-state index contributed by atoms with van der Waals surface area (Å²) in [5.41, 5.74) is 2.09. The van der Waals surface area contributed by atoms with Crippen LogP contribution in [0.4, 0.5) is 5.69 Å². The topological polar surface area (TPSA) is 105 Å². The van der Waals surface area contributed by atoms with Crippen molar-refractivity contribution in [3.8, 4) is 17.5 Å². The standard InChI is InChI=1S/C24H24N4O4S/c1-24(2,15-25)16-5-7-17(8-6-16)27-14-13-20-21(23(27)29)28(26-22(20)33(4,30)31)18-9-11-19(32-3)12-10-18/h5-12H,13-14H2,1-4H3. The molecule has 0 saturated heterocycles. The number of hydrogen-bond acceptors (Lipinski definition) is 6. The molecule has 8 nitrogen and oxygen atoms in total. The van der Waals surface area contributed by atoms with Crippen LogP contribution >= 0.6 is 0 Å². The van der Waals surface area contributed by atoms with Crippen LogP contribution in [0, 0.1) is 11.3 Å². The minimum Gasteiger partial charge on any atom is -0.497 e. The summed E-state index contributed by atoms with van der Waals surface area (Å²) in [6.45, 7) is 3.99. The number of benzene rings is 2. The monoisotopic (exact) mass is 464 g/mol. The van der Waals surface area contributed by atoms with Gasteiger partial charge in [-0.25, -0.2) is 13.1 Å². The van der Waals surface area contributed by atoms with E-state index in [-0.39, 0.29) is 16.6 Å². The average Bonchev–Trinajstić information content (AvgIpc) is 3.21. The van der Waals surface area contributed by atoms with Crippen LogP contribution in [0.15, 0.2) is 53.6 Å². The minimum absolute atomic E-state index is 0.0764. The molecule has 2 aromatic carbocycles. The van der Waals surface area contributed by atoms with Gasteiger partial charge in [-0.1, -0.05) is 12.1 Å². The molecule has 0 aliphatic carbocycles. The summed E-state index contributed by atoms with van der Waals surface area (Å²) in [5, 5.41) is 13.6. The second-order valence-electron chi connectivity index (χ2n) is 8.50. The number of aromatic nitrogens is 2. The fraction of sp³-hybridized carbons (Fsp3) is 0.292. The van der Waals surface area contributed by atoms with Gasteiger partial charge in [0.1, 0.15) is 11.4 Å². The highest BCUT2D eigenvalue weighted by Crippen LogP contribution is 2.32. The van der Waals surface area contributed by atoms with E-state index in [9.17, 15) is 18.5 Å². The van der Waals surface area contributed by atoms with E-state index < -0.39 is 15.3 Å². The number of hydrogen-bond donors (Lipinski definition) is 0. The maximum atomic E-state index is 13.6. The number of rotatable bonds is 5. The van der Waals surface area contributed by atoms with Gasteiger partial charge in [0.2, 0.25) is 0 Å². The van der Waals surface area contributed by atoms with E-state index in [1.54, 1.807) is 36.3 Å². The maximum Gasteiger partial charge on any atom is 0.277 e. The predicted octanol–water partition coefficient (Wildman–Crippen LogP) is 3.29. The summed E-state index contributed by atoms with van der Waals surface area (Å²) >= 11 is 0. The first kappa shape index (κ1) is 22.6. The molecule has 3 aromatic rings. The van der Waals surface area contributed by atoms with Gasteiger partial charge in [0.05, 0.1) is 24.3 Å². The van der Waals surface area contributed by atoms with Gasteiger partial charge >= 0.3 is 0 Å². The molecule has 1 amide bonds. The molecule has 0 N–H and O–H groups in total. The second kappa shape index (κ2) is 8.05. The Kier molecular flexibility index (Phi) is 5.50. The Balaban J connectivity index is 1.80. The first-order valence-corrected chi connectivity index (χ1v) is 12.3. The fourth-order valence-electron chi connectivity index (χ4n) is 3.91. The molecule has 0 atom stereocenters. The number of fused-ring (bicyclic) bond motifs is 1. The summed E-state index contributed by atoms with van der Waals surface area (Å²) in [6.07, 6.45) is 1.45. The van der Waals surface area contributed by atoms with Crippen LogP contribution in [0.1, 0.15) is 35.5 Å². The minimum atomic E-state index is -3.63. The summed E-state index contributed by atoms with van der Waals surface area (Å²) in [7, 11) is -2.08. The van der Waals surface area contributed by atoms with Crippen molar-refractivity contribution < 1.29 is 17.9 Å². The predicted molar refractivity (Wildman–Crippen MR) is 124 cm³/mol. The lowest BCUT2D eigenvalue weighted by molar-refractivity contribution is 0.0973. The Morgan fingerprint density at radius 3 is 2.21 bits per heavy atom. The third-order valence-corrected chi connectivity index (χ3v) is 6.86. The van der Waals surface area contributed by atoms with E-state index in [1.165, 1.54) is 4.68 Å². The van der Waals surface area contributed by atoms with Crippen LogP contribution in [0.25, 0.3) is 5.69 Å². The van der Waals surface area contributed by atoms with Gasteiger partial charge in [0.15, 0.2) is 14.9 Å². The zero-order valence-electron chi connectivity index (χ0n) is 18.9. The number of ether oxygens (including phenoxy) is 1. The van der Waals surface area contributed by atoms with Crippen LogP contribution in [0.5, 0.6) is 5.75 Å². The van der Waals surface area contributed by atoms with Gasteiger partial charge < -0.3 is 9.64 Å². The van der Waals surface area contributed by atoms with Gasteiger partial charge in [-0.3, -0.25) is 4.79 Å². The number of carbonyl (C=O) groups excluding carboxylic acids is 1. The zero-order valence-corrected chi connectivity index (χ0v) is 19.7. The van der Waals surface area contributed by atoms with Crippen LogP contribution in [0.3, 0.4) is 0 Å². The molecule has 170 valence electrons. The van der Waals surface area contributed by atoms with Gasteiger partial charge in [-0.05, 0) is 62.2 Å². The van der Waals surface area contributed by atoms with Crippen LogP contribution in [-0.2, 0) is 21.7 Å². The van der Waals surface area contributed by atoms with Crippen molar-refractivity contribution in [1.82, 2.24) is 9.78 Å². The van der Waals surface area contributed by atoms with Crippen molar-refractivity contribution in [3.05, 3.63) is 65.4 Å². The number of sulfone groups is 1.